The molecule has 0 atom stereocenters. The lowest BCUT2D eigenvalue weighted by Gasteiger charge is -2.09. The molecular formula is C18H18FN3O2S2. The van der Waals surface area contributed by atoms with Gasteiger partial charge in [0.2, 0.25) is 10.0 Å². The molecule has 0 fully saturated rings. The molecule has 8 heteroatoms. The molecule has 0 saturated heterocycles. The lowest BCUT2D eigenvalue weighted by atomic mass is 10.2. The van der Waals surface area contributed by atoms with Crippen LogP contribution >= 0.6 is 11.3 Å². The summed E-state index contributed by atoms with van der Waals surface area (Å²) in [5.74, 6) is -0.455. The van der Waals surface area contributed by atoms with Gasteiger partial charge in [0.05, 0.1) is 16.3 Å². The van der Waals surface area contributed by atoms with Gasteiger partial charge in [0, 0.05) is 17.6 Å². The molecule has 1 aromatic carbocycles. The van der Waals surface area contributed by atoms with Crippen molar-refractivity contribution in [1.82, 2.24) is 14.7 Å². The molecule has 0 spiro atoms. The molecule has 0 bridgehead atoms. The second-order valence-corrected chi connectivity index (χ2v) is 8.62. The molecule has 0 unspecified atom stereocenters. The number of aromatic nitrogens is 2. The van der Waals surface area contributed by atoms with Gasteiger partial charge in [0.25, 0.3) is 0 Å². The number of nitrogens with zero attached hydrogens (tertiary/aromatic N) is 2. The Morgan fingerprint density at radius 3 is 2.69 bits per heavy atom. The molecule has 0 saturated carbocycles. The predicted molar refractivity (Wildman–Crippen MR) is 100 cm³/mol. The van der Waals surface area contributed by atoms with Crippen molar-refractivity contribution in [1.29, 1.82) is 0 Å². The minimum Gasteiger partial charge on any atom is -0.254 e. The number of aryl methyl sites for hydroxylation is 2. The van der Waals surface area contributed by atoms with E-state index in [0.717, 1.165) is 27.3 Å². The van der Waals surface area contributed by atoms with Crippen molar-refractivity contribution in [3.05, 3.63) is 64.5 Å². The van der Waals surface area contributed by atoms with E-state index in [0.29, 0.717) is 12.0 Å². The topological polar surface area (TPSA) is 72.0 Å². The Kier molecular flexibility index (Phi) is 5.45. The summed E-state index contributed by atoms with van der Waals surface area (Å²) in [7, 11) is -3.68. The summed E-state index contributed by atoms with van der Waals surface area (Å²) in [6, 6.07) is 9.27. The van der Waals surface area contributed by atoms with Crippen LogP contribution in [0.1, 0.15) is 16.1 Å². The van der Waals surface area contributed by atoms with Gasteiger partial charge < -0.3 is 0 Å². The first-order valence-electron chi connectivity index (χ1n) is 8.00. The van der Waals surface area contributed by atoms with Crippen molar-refractivity contribution in [2.45, 2.75) is 25.2 Å². The molecule has 2 heterocycles. The summed E-state index contributed by atoms with van der Waals surface area (Å²) in [5.41, 5.74) is 2.05. The zero-order valence-corrected chi connectivity index (χ0v) is 16.0. The molecule has 1 N–H and O–H groups in total. The molecule has 0 aliphatic carbocycles. The lowest BCUT2D eigenvalue weighted by Crippen LogP contribution is -2.26. The van der Waals surface area contributed by atoms with E-state index in [1.807, 2.05) is 25.1 Å². The van der Waals surface area contributed by atoms with Crippen LogP contribution < -0.4 is 4.72 Å². The fourth-order valence-corrected chi connectivity index (χ4v) is 4.84. The van der Waals surface area contributed by atoms with Gasteiger partial charge in [-0.2, -0.15) is 0 Å². The van der Waals surface area contributed by atoms with Crippen molar-refractivity contribution in [2.24, 2.45) is 0 Å². The van der Waals surface area contributed by atoms with Gasteiger partial charge in [-0.1, -0.05) is 6.07 Å². The Bertz CT molecular complexity index is 1020. The van der Waals surface area contributed by atoms with E-state index in [2.05, 4.69) is 14.7 Å². The van der Waals surface area contributed by atoms with Crippen molar-refractivity contribution < 1.29 is 12.8 Å². The molecule has 3 rings (SSSR count). The van der Waals surface area contributed by atoms with Crippen LogP contribution in [0.25, 0.3) is 10.7 Å². The Morgan fingerprint density at radius 1 is 1.19 bits per heavy atom. The normalized spacial score (nSPS) is 11.7. The van der Waals surface area contributed by atoms with Crippen molar-refractivity contribution in [3.8, 4) is 10.7 Å². The van der Waals surface area contributed by atoms with E-state index >= 15 is 0 Å². The third kappa shape index (κ3) is 4.14. The number of hydrogen-bond acceptors (Lipinski definition) is 5. The monoisotopic (exact) mass is 391 g/mol. The van der Waals surface area contributed by atoms with Crippen molar-refractivity contribution in [3.63, 3.8) is 0 Å². The molecule has 0 aliphatic heterocycles. The molecule has 26 heavy (non-hydrogen) atoms. The summed E-state index contributed by atoms with van der Waals surface area (Å²) in [6.45, 7) is 3.71. The van der Waals surface area contributed by atoms with E-state index in [-0.39, 0.29) is 11.4 Å². The van der Waals surface area contributed by atoms with Gasteiger partial charge in [-0.05, 0) is 56.2 Å². The van der Waals surface area contributed by atoms with Gasteiger partial charge in [0.1, 0.15) is 10.8 Å². The molecule has 136 valence electrons. The SMILES string of the molecule is Cc1cc(F)ccc1S(=O)(=O)NCCc1sc(-c2ccccn2)nc1C. The zero-order chi connectivity index (χ0) is 18.7. The quantitative estimate of drug-likeness (QED) is 0.698. The number of hydrogen-bond donors (Lipinski definition) is 1. The molecule has 5 nitrogen and oxygen atoms in total. The summed E-state index contributed by atoms with van der Waals surface area (Å²) in [5, 5.41) is 0.815. The Balaban J connectivity index is 1.69. The average Bonchev–Trinajstić information content (AvgIpc) is 2.96. The zero-order valence-electron chi connectivity index (χ0n) is 14.4. The number of halogens is 1. The van der Waals surface area contributed by atoms with E-state index in [1.165, 1.54) is 23.5 Å². The minimum atomic E-state index is -3.68. The van der Waals surface area contributed by atoms with Gasteiger partial charge >= 0.3 is 0 Å². The van der Waals surface area contributed by atoms with Crippen molar-refractivity contribution >= 4 is 21.4 Å². The highest BCUT2D eigenvalue weighted by molar-refractivity contribution is 7.89. The van der Waals surface area contributed by atoms with Crippen LogP contribution in [0.3, 0.4) is 0 Å². The van der Waals surface area contributed by atoms with Crippen LogP contribution in [0.15, 0.2) is 47.5 Å². The summed E-state index contributed by atoms with van der Waals surface area (Å²) >= 11 is 1.51. The molecule has 3 aromatic rings. The fraction of sp³-hybridized carbons (Fsp3) is 0.222. The highest BCUT2D eigenvalue weighted by Gasteiger charge is 2.17. The van der Waals surface area contributed by atoms with E-state index in [9.17, 15) is 12.8 Å². The molecule has 2 aromatic heterocycles. The number of pyridine rings is 1. The van der Waals surface area contributed by atoms with Gasteiger partial charge in [-0.25, -0.2) is 22.5 Å². The first-order chi connectivity index (χ1) is 12.4. The van der Waals surface area contributed by atoms with Crippen LogP contribution in [-0.2, 0) is 16.4 Å². The predicted octanol–water partition coefficient (Wildman–Crippen LogP) is 3.48. The third-order valence-electron chi connectivity index (χ3n) is 3.85. The molecular weight excluding hydrogens is 373 g/mol. The third-order valence-corrected chi connectivity index (χ3v) is 6.71. The van der Waals surface area contributed by atoms with E-state index < -0.39 is 15.8 Å². The standard InChI is InChI=1S/C18H18FN3O2S2/c1-12-11-14(19)6-7-17(12)26(23,24)21-10-8-16-13(2)22-18(25-16)15-5-3-4-9-20-15/h3-7,9,11,21H,8,10H2,1-2H3. The lowest BCUT2D eigenvalue weighted by molar-refractivity contribution is 0.580. The maximum atomic E-state index is 13.2. The fourth-order valence-electron chi connectivity index (χ4n) is 2.55. The molecule has 0 radical (unpaired) electrons. The molecule has 0 amide bonds. The van der Waals surface area contributed by atoms with E-state index in [4.69, 9.17) is 0 Å². The van der Waals surface area contributed by atoms with Crippen LogP contribution in [0.2, 0.25) is 0 Å². The summed E-state index contributed by atoms with van der Waals surface area (Å²) in [4.78, 5) is 9.90. The Morgan fingerprint density at radius 2 is 2.00 bits per heavy atom. The Labute approximate surface area is 156 Å². The van der Waals surface area contributed by atoms with Crippen molar-refractivity contribution in [2.75, 3.05) is 6.54 Å². The first-order valence-corrected chi connectivity index (χ1v) is 10.3. The summed E-state index contributed by atoms with van der Waals surface area (Å²) < 4.78 is 40.6. The molecule has 0 aliphatic rings. The largest absolute Gasteiger partial charge is 0.254 e. The smallest absolute Gasteiger partial charge is 0.240 e. The van der Waals surface area contributed by atoms with Gasteiger partial charge in [-0.15, -0.1) is 11.3 Å². The second kappa shape index (κ2) is 7.61. The first kappa shape index (κ1) is 18.6. The number of rotatable bonds is 6. The highest BCUT2D eigenvalue weighted by Crippen LogP contribution is 2.26. The second-order valence-electron chi connectivity index (χ2n) is 5.80. The average molecular weight is 391 g/mol. The highest BCUT2D eigenvalue weighted by atomic mass is 32.2. The number of benzene rings is 1. The summed E-state index contributed by atoms with van der Waals surface area (Å²) in [6.07, 6.45) is 2.24. The van der Waals surface area contributed by atoms with Crippen LogP contribution in [0.5, 0.6) is 0 Å². The number of sulfonamides is 1. The minimum absolute atomic E-state index is 0.0918. The maximum Gasteiger partial charge on any atom is 0.240 e. The van der Waals surface area contributed by atoms with Crippen LogP contribution in [-0.4, -0.2) is 24.9 Å². The van der Waals surface area contributed by atoms with Gasteiger partial charge in [-0.3, -0.25) is 4.98 Å². The van der Waals surface area contributed by atoms with Gasteiger partial charge in [0.15, 0.2) is 0 Å². The number of nitrogens with one attached hydrogen (secondary N) is 1. The maximum absolute atomic E-state index is 13.2. The van der Waals surface area contributed by atoms with Crippen LogP contribution in [0, 0.1) is 19.7 Å². The Hall–Kier alpha value is -2.16. The van der Waals surface area contributed by atoms with Crippen LogP contribution in [0.4, 0.5) is 4.39 Å². The van der Waals surface area contributed by atoms with E-state index in [1.54, 1.807) is 13.1 Å². The number of thiazole rings is 1.